The van der Waals surface area contributed by atoms with Gasteiger partial charge in [0.25, 0.3) is 0 Å². The standard InChI is InChI=1S/C11H17NO2S/c1-3-12(8-11(13)14-4-2)7-10-5-6-15-9-10/h5-6,9H,3-4,7-8H2,1-2H3. The number of likely N-dealkylation sites (N-methyl/N-ethyl adjacent to an activating group) is 1. The largest absolute Gasteiger partial charge is 0.465 e. The molecule has 0 fully saturated rings. The average Bonchev–Trinajstić information content (AvgIpc) is 2.70. The number of carbonyl (C=O) groups excluding carboxylic acids is 1. The fraction of sp³-hybridized carbons (Fsp3) is 0.545. The molecule has 0 saturated heterocycles. The predicted octanol–water partition coefficient (Wildman–Crippen LogP) is 2.13. The smallest absolute Gasteiger partial charge is 0.320 e. The van der Waals surface area contributed by atoms with Crippen LogP contribution in [0.2, 0.25) is 0 Å². The number of ether oxygens (including phenoxy) is 1. The number of rotatable bonds is 6. The van der Waals surface area contributed by atoms with E-state index in [9.17, 15) is 4.79 Å². The SMILES string of the molecule is CCOC(=O)CN(CC)Cc1ccsc1. The molecule has 0 amide bonds. The molecule has 1 rings (SSSR count). The highest BCUT2D eigenvalue weighted by Crippen LogP contribution is 2.09. The van der Waals surface area contributed by atoms with Crippen molar-refractivity contribution in [3.05, 3.63) is 22.4 Å². The van der Waals surface area contributed by atoms with Crippen LogP contribution in [0, 0.1) is 0 Å². The van der Waals surface area contributed by atoms with Crippen LogP contribution in [0.5, 0.6) is 0 Å². The van der Waals surface area contributed by atoms with Gasteiger partial charge < -0.3 is 4.74 Å². The van der Waals surface area contributed by atoms with Crippen LogP contribution < -0.4 is 0 Å². The molecule has 0 aliphatic rings. The molecule has 0 unspecified atom stereocenters. The molecule has 84 valence electrons. The zero-order chi connectivity index (χ0) is 11.1. The maximum atomic E-state index is 11.3. The molecular weight excluding hydrogens is 210 g/mol. The van der Waals surface area contributed by atoms with E-state index in [1.165, 1.54) is 5.56 Å². The van der Waals surface area contributed by atoms with Crippen LogP contribution >= 0.6 is 11.3 Å². The fourth-order valence-corrected chi connectivity index (χ4v) is 1.97. The first-order chi connectivity index (χ1) is 7.26. The molecule has 0 bridgehead atoms. The van der Waals surface area contributed by atoms with Gasteiger partial charge in [0.15, 0.2) is 0 Å². The van der Waals surface area contributed by atoms with Gasteiger partial charge in [-0.25, -0.2) is 0 Å². The Morgan fingerprint density at radius 2 is 2.33 bits per heavy atom. The van der Waals surface area contributed by atoms with E-state index >= 15 is 0 Å². The maximum absolute atomic E-state index is 11.3. The summed E-state index contributed by atoms with van der Waals surface area (Å²) in [4.78, 5) is 13.3. The van der Waals surface area contributed by atoms with Crippen molar-refractivity contribution in [2.75, 3.05) is 19.7 Å². The van der Waals surface area contributed by atoms with Crippen molar-refractivity contribution in [1.29, 1.82) is 0 Å². The van der Waals surface area contributed by atoms with E-state index in [1.807, 2.05) is 19.2 Å². The Morgan fingerprint density at radius 3 is 2.87 bits per heavy atom. The van der Waals surface area contributed by atoms with Crippen LogP contribution in [0.1, 0.15) is 19.4 Å². The Hall–Kier alpha value is -0.870. The maximum Gasteiger partial charge on any atom is 0.320 e. The zero-order valence-corrected chi connectivity index (χ0v) is 10.0. The second-order valence-corrected chi connectivity index (χ2v) is 4.02. The van der Waals surface area contributed by atoms with Crippen molar-refractivity contribution in [2.45, 2.75) is 20.4 Å². The van der Waals surface area contributed by atoms with E-state index in [0.29, 0.717) is 13.2 Å². The predicted molar refractivity (Wildman–Crippen MR) is 61.9 cm³/mol. The summed E-state index contributed by atoms with van der Waals surface area (Å²) in [5.74, 6) is -0.144. The van der Waals surface area contributed by atoms with Gasteiger partial charge in [0, 0.05) is 6.54 Å². The Labute approximate surface area is 94.7 Å². The van der Waals surface area contributed by atoms with Crippen LogP contribution in [-0.2, 0) is 16.1 Å². The third-order valence-corrected chi connectivity index (χ3v) is 2.82. The Kier molecular flexibility index (Phi) is 5.36. The third-order valence-electron chi connectivity index (χ3n) is 2.09. The normalized spacial score (nSPS) is 10.6. The molecule has 1 aromatic heterocycles. The van der Waals surface area contributed by atoms with E-state index in [0.717, 1.165) is 13.1 Å². The van der Waals surface area contributed by atoms with E-state index < -0.39 is 0 Å². The molecule has 0 spiro atoms. The minimum Gasteiger partial charge on any atom is -0.465 e. The van der Waals surface area contributed by atoms with Crippen LogP contribution in [-0.4, -0.2) is 30.6 Å². The van der Waals surface area contributed by atoms with Crippen LogP contribution in [0.15, 0.2) is 16.8 Å². The summed E-state index contributed by atoms with van der Waals surface area (Å²) in [6, 6.07) is 2.08. The highest BCUT2D eigenvalue weighted by molar-refractivity contribution is 7.07. The monoisotopic (exact) mass is 227 g/mol. The van der Waals surface area contributed by atoms with Crippen molar-refractivity contribution in [2.24, 2.45) is 0 Å². The van der Waals surface area contributed by atoms with Crippen molar-refractivity contribution in [3.63, 3.8) is 0 Å². The van der Waals surface area contributed by atoms with E-state index in [1.54, 1.807) is 11.3 Å². The number of nitrogens with zero attached hydrogens (tertiary/aromatic N) is 1. The lowest BCUT2D eigenvalue weighted by Gasteiger charge is -2.18. The van der Waals surface area contributed by atoms with Gasteiger partial charge >= 0.3 is 5.97 Å². The highest BCUT2D eigenvalue weighted by Gasteiger charge is 2.10. The van der Waals surface area contributed by atoms with Crippen LogP contribution in [0.3, 0.4) is 0 Å². The molecule has 0 saturated carbocycles. The second kappa shape index (κ2) is 6.58. The molecule has 0 atom stereocenters. The summed E-state index contributed by atoms with van der Waals surface area (Å²) in [5.41, 5.74) is 1.26. The summed E-state index contributed by atoms with van der Waals surface area (Å²) in [7, 11) is 0. The van der Waals surface area contributed by atoms with Gasteiger partial charge in [-0.2, -0.15) is 11.3 Å². The van der Waals surface area contributed by atoms with Crippen LogP contribution in [0.4, 0.5) is 0 Å². The van der Waals surface area contributed by atoms with Gasteiger partial charge in [-0.05, 0) is 35.9 Å². The zero-order valence-electron chi connectivity index (χ0n) is 9.23. The first-order valence-corrected chi connectivity index (χ1v) is 6.09. The topological polar surface area (TPSA) is 29.5 Å². The molecule has 3 nitrogen and oxygen atoms in total. The number of hydrogen-bond donors (Lipinski definition) is 0. The van der Waals surface area contributed by atoms with Crippen molar-refractivity contribution in [3.8, 4) is 0 Å². The summed E-state index contributed by atoms with van der Waals surface area (Å²) >= 11 is 1.68. The molecular formula is C11H17NO2S. The lowest BCUT2D eigenvalue weighted by Crippen LogP contribution is -2.30. The lowest BCUT2D eigenvalue weighted by molar-refractivity contribution is -0.144. The molecule has 0 N–H and O–H groups in total. The molecule has 0 aliphatic carbocycles. The number of carbonyl (C=O) groups is 1. The van der Waals surface area contributed by atoms with E-state index in [2.05, 4.69) is 16.3 Å². The van der Waals surface area contributed by atoms with Gasteiger partial charge in [0.05, 0.1) is 13.2 Å². The molecule has 1 heterocycles. The molecule has 0 radical (unpaired) electrons. The highest BCUT2D eigenvalue weighted by atomic mass is 32.1. The van der Waals surface area contributed by atoms with Crippen molar-refractivity contribution < 1.29 is 9.53 Å². The number of hydrogen-bond acceptors (Lipinski definition) is 4. The van der Waals surface area contributed by atoms with E-state index in [-0.39, 0.29) is 5.97 Å². The lowest BCUT2D eigenvalue weighted by atomic mass is 10.3. The summed E-state index contributed by atoms with van der Waals surface area (Å²) in [5, 5.41) is 4.15. The third kappa shape index (κ3) is 4.44. The minimum atomic E-state index is -0.144. The van der Waals surface area contributed by atoms with Gasteiger partial charge in [0.1, 0.15) is 0 Å². The van der Waals surface area contributed by atoms with Gasteiger partial charge in [0.2, 0.25) is 0 Å². The number of esters is 1. The van der Waals surface area contributed by atoms with Crippen molar-refractivity contribution >= 4 is 17.3 Å². The second-order valence-electron chi connectivity index (χ2n) is 3.24. The minimum absolute atomic E-state index is 0.144. The van der Waals surface area contributed by atoms with Crippen LogP contribution in [0.25, 0.3) is 0 Å². The molecule has 0 aliphatic heterocycles. The molecule has 0 aromatic carbocycles. The summed E-state index contributed by atoms with van der Waals surface area (Å²) in [6.45, 7) is 6.38. The first-order valence-electron chi connectivity index (χ1n) is 5.15. The molecule has 1 aromatic rings. The number of thiophene rings is 1. The van der Waals surface area contributed by atoms with Gasteiger partial charge in [-0.3, -0.25) is 9.69 Å². The van der Waals surface area contributed by atoms with E-state index in [4.69, 9.17) is 4.74 Å². The Bertz CT molecular complexity index is 285. The fourth-order valence-electron chi connectivity index (χ4n) is 1.31. The average molecular weight is 227 g/mol. The molecule has 4 heteroatoms. The summed E-state index contributed by atoms with van der Waals surface area (Å²) in [6.07, 6.45) is 0. The first kappa shape index (κ1) is 12.2. The molecule has 15 heavy (non-hydrogen) atoms. The van der Waals surface area contributed by atoms with Gasteiger partial charge in [-0.1, -0.05) is 6.92 Å². The summed E-state index contributed by atoms with van der Waals surface area (Å²) < 4.78 is 4.92. The Morgan fingerprint density at radius 1 is 1.53 bits per heavy atom. The quantitative estimate of drug-likeness (QED) is 0.697. The Balaban J connectivity index is 2.39. The van der Waals surface area contributed by atoms with Crippen molar-refractivity contribution in [1.82, 2.24) is 4.90 Å². The van der Waals surface area contributed by atoms with Gasteiger partial charge in [-0.15, -0.1) is 0 Å².